The van der Waals surface area contributed by atoms with Gasteiger partial charge in [0.1, 0.15) is 0 Å². The molecule has 1 unspecified atom stereocenters. The summed E-state index contributed by atoms with van der Waals surface area (Å²) in [6, 6.07) is -0.250. The van der Waals surface area contributed by atoms with E-state index in [0.717, 1.165) is 18.9 Å². The molecule has 0 bridgehead atoms. The second-order valence-corrected chi connectivity index (χ2v) is 6.16. The molecule has 3 aliphatic rings. The first-order valence-electron chi connectivity index (χ1n) is 7.24. The van der Waals surface area contributed by atoms with Crippen molar-refractivity contribution < 1.29 is 9.59 Å². The van der Waals surface area contributed by atoms with E-state index in [1.807, 2.05) is 6.92 Å². The highest BCUT2D eigenvalue weighted by Crippen LogP contribution is 2.60. The summed E-state index contributed by atoms with van der Waals surface area (Å²) in [5.74, 6) is 0.882. The maximum absolute atomic E-state index is 12.1. The molecule has 4 heteroatoms. The lowest BCUT2D eigenvalue weighted by atomic mass is 10.0. The quantitative estimate of drug-likeness (QED) is 0.723. The second-order valence-electron chi connectivity index (χ2n) is 6.16. The summed E-state index contributed by atoms with van der Waals surface area (Å²) in [6.45, 7) is 3.50. The molecule has 2 amide bonds. The van der Waals surface area contributed by atoms with Crippen LogP contribution in [0.4, 0.5) is 0 Å². The van der Waals surface area contributed by atoms with Crippen LogP contribution in [0.15, 0.2) is 0 Å². The largest absolute Gasteiger partial charge is 0.305 e. The molecule has 0 aromatic rings. The van der Waals surface area contributed by atoms with Crippen LogP contribution in [0.3, 0.4) is 0 Å². The molecular formula is C14H22N2O2. The van der Waals surface area contributed by atoms with Gasteiger partial charge >= 0.3 is 0 Å². The zero-order chi connectivity index (χ0) is 12.8. The Morgan fingerprint density at radius 3 is 2.61 bits per heavy atom. The summed E-state index contributed by atoms with van der Waals surface area (Å²) < 4.78 is 0. The monoisotopic (exact) mass is 250 g/mol. The van der Waals surface area contributed by atoms with Crippen LogP contribution in [0.2, 0.25) is 0 Å². The third kappa shape index (κ3) is 2.07. The highest BCUT2D eigenvalue weighted by molar-refractivity contribution is 6.05. The minimum atomic E-state index is -0.250. The van der Waals surface area contributed by atoms with Crippen LogP contribution >= 0.6 is 0 Å². The number of imide groups is 1. The fourth-order valence-electron chi connectivity index (χ4n) is 3.21. The van der Waals surface area contributed by atoms with E-state index < -0.39 is 0 Å². The van der Waals surface area contributed by atoms with Gasteiger partial charge < -0.3 is 5.32 Å². The van der Waals surface area contributed by atoms with Crippen molar-refractivity contribution in [3.05, 3.63) is 0 Å². The standard InChI is InChI=1S/C14H22N2O2/c1-2-7-16-12(17)8-11(13(16)18)15-9-14(5-6-14)10-3-4-10/h10-11,15H,2-9H2,1H3. The molecule has 100 valence electrons. The number of nitrogens with zero attached hydrogens (tertiary/aromatic N) is 1. The Morgan fingerprint density at radius 1 is 1.33 bits per heavy atom. The third-order valence-electron chi connectivity index (χ3n) is 4.73. The zero-order valence-corrected chi connectivity index (χ0v) is 11.1. The average Bonchev–Trinajstić information content (AvgIpc) is 3.22. The van der Waals surface area contributed by atoms with Crippen LogP contribution in [0.1, 0.15) is 45.4 Å². The van der Waals surface area contributed by atoms with Gasteiger partial charge in [0.15, 0.2) is 0 Å². The van der Waals surface area contributed by atoms with E-state index in [9.17, 15) is 9.59 Å². The minimum Gasteiger partial charge on any atom is -0.305 e. The van der Waals surface area contributed by atoms with E-state index in [0.29, 0.717) is 18.4 Å². The topological polar surface area (TPSA) is 49.4 Å². The minimum absolute atomic E-state index is 0.00406. The maximum atomic E-state index is 12.1. The van der Waals surface area contributed by atoms with Crippen LogP contribution in [0, 0.1) is 11.3 Å². The molecule has 1 N–H and O–H groups in total. The van der Waals surface area contributed by atoms with Crippen molar-refractivity contribution in [2.24, 2.45) is 11.3 Å². The number of hydrogen-bond donors (Lipinski definition) is 1. The molecule has 1 atom stereocenters. The number of carbonyl (C=O) groups excluding carboxylic acids is 2. The number of likely N-dealkylation sites (tertiary alicyclic amines) is 1. The molecule has 0 aromatic carbocycles. The van der Waals surface area contributed by atoms with Crippen molar-refractivity contribution in [3.63, 3.8) is 0 Å². The Kier molecular flexibility index (Phi) is 2.93. The number of nitrogens with one attached hydrogen (secondary N) is 1. The van der Waals surface area contributed by atoms with Crippen molar-refractivity contribution in [1.29, 1.82) is 0 Å². The molecule has 2 aliphatic carbocycles. The summed E-state index contributed by atoms with van der Waals surface area (Å²) in [6.07, 6.45) is 6.54. The molecule has 2 saturated carbocycles. The summed E-state index contributed by atoms with van der Waals surface area (Å²) in [7, 11) is 0. The van der Waals surface area contributed by atoms with Gasteiger partial charge in [-0.3, -0.25) is 14.5 Å². The van der Waals surface area contributed by atoms with Gasteiger partial charge in [-0.2, -0.15) is 0 Å². The number of hydrogen-bond acceptors (Lipinski definition) is 3. The van der Waals surface area contributed by atoms with Gasteiger partial charge in [0, 0.05) is 13.1 Å². The van der Waals surface area contributed by atoms with Crippen molar-refractivity contribution >= 4 is 11.8 Å². The molecule has 0 radical (unpaired) electrons. The fraction of sp³-hybridized carbons (Fsp3) is 0.857. The SMILES string of the molecule is CCCN1C(=O)CC(NCC2(C3CC3)CC2)C1=O. The molecule has 4 nitrogen and oxygen atoms in total. The Bertz CT molecular complexity index is 372. The lowest BCUT2D eigenvalue weighted by molar-refractivity contribution is -0.138. The predicted molar refractivity (Wildman–Crippen MR) is 67.8 cm³/mol. The fourth-order valence-corrected chi connectivity index (χ4v) is 3.21. The van der Waals surface area contributed by atoms with Crippen LogP contribution in [0.5, 0.6) is 0 Å². The van der Waals surface area contributed by atoms with E-state index in [-0.39, 0.29) is 17.9 Å². The summed E-state index contributed by atoms with van der Waals surface area (Å²) in [4.78, 5) is 25.2. The summed E-state index contributed by atoms with van der Waals surface area (Å²) in [5, 5.41) is 3.36. The third-order valence-corrected chi connectivity index (χ3v) is 4.73. The maximum Gasteiger partial charge on any atom is 0.246 e. The number of rotatable bonds is 6. The Labute approximate surface area is 108 Å². The lowest BCUT2D eigenvalue weighted by Crippen LogP contribution is -2.41. The van der Waals surface area contributed by atoms with Crippen molar-refractivity contribution in [1.82, 2.24) is 10.2 Å². The first-order valence-corrected chi connectivity index (χ1v) is 7.24. The molecule has 1 heterocycles. The first kappa shape index (κ1) is 12.2. The number of amides is 2. The van der Waals surface area contributed by atoms with Gasteiger partial charge in [-0.1, -0.05) is 6.92 Å². The molecule has 1 aliphatic heterocycles. The Balaban J connectivity index is 1.54. The van der Waals surface area contributed by atoms with Gasteiger partial charge in [-0.25, -0.2) is 0 Å². The van der Waals surface area contributed by atoms with Crippen LogP contribution < -0.4 is 5.32 Å². The molecule has 0 aromatic heterocycles. The Morgan fingerprint density at radius 2 is 2.06 bits per heavy atom. The van der Waals surface area contributed by atoms with E-state index >= 15 is 0 Å². The van der Waals surface area contributed by atoms with E-state index in [4.69, 9.17) is 0 Å². The molecule has 1 saturated heterocycles. The summed E-state index contributed by atoms with van der Waals surface area (Å²) in [5.41, 5.74) is 0.488. The predicted octanol–water partition coefficient (Wildman–Crippen LogP) is 1.30. The normalized spacial score (nSPS) is 30.1. The van der Waals surface area contributed by atoms with E-state index in [2.05, 4.69) is 5.32 Å². The smallest absolute Gasteiger partial charge is 0.246 e. The van der Waals surface area contributed by atoms with Gasteiger partial charge in [-0.05, 0) is 43.4 Å². The average molecular weight is 250 g/mol. The van der Waals surface area contributed by atoms with Crippen molar-refractivity contribution in [2.75, 3.05) is 13.1 Å². The summed E-state index contributed by atoms with van der Waals surface area (Å²) >= 11 is 0. The van der Waals surface area contributed by atoms with Crippen LogP contribution in [0.25, 0.3) is 0 Å². The number of carbonyl (C=O) groups is 2. The first-order chi connectivity index (χ1) is 8.66. The van der Waals surface area contributed by atoms with Gasteiger partial charge in [-0.15, -0.1) is 0 Å². The van der Waals surface area contributed by atoms with Crippen molar-refractivity contribution in [2.45, 2.75) is 51.5 Å². The zero-order valence-electron chi connectivity index (χ0n) is 11.1. The van der Waals surface area contributed by atoms with Crippen LogP contribution in [-0.2, 0) is 9.59 Å². The van der Waals surface area contributed by atoms with E-state index in [1.165, 1.54) is 30.6 Å². The molecule has 3 fully saturated rings. The van der Waals surface area contributed by atoms with Gasteiger partial charge in [0.2, 0.25) is 11.8 Å². The van der Waals surface area contributed by atoms with Gasteiger partial charge in [0.05, 0.1) is 12.5 Å². The molecule has 3 rings (SSSR count). The lowest BCUT2D eigenvalue weighted by Gasteiger charge is -2.18. The van der Waals surface area contributed by atoms with Gasteiger partial charge in [0.25, 0.3) is 0 Å². The second kappa shape index (κ2) is 4.34. The molecule has 0 spiro atoms. The van der Waals surface area contributed by atoms with E-state index in [1.54, 1.807) is 0 Å². The molecule has 18 heavy (non-hydrogen) atoms. The molecular weight excluding hydrogens is 228 g/mol. The highest BCUT2D eigenvalue weighted by Gasteiger charge is 2.54. The highest BCUT2D eigenvalue weighted by atomic mass is 16.2. The Hall–Kier alpha value is -0.900. The van der Waals surface area contributed by atoms with Crippen molar-refractivity contribution in [3.8, 4) is 0 Å². The van der Waals surface area contributed by atoms with Crippen LogP contribution in [-0.4, -0.2) is 35.8 Å².